The summed E-state index contributed by atoms with van der Waals surface area (Å²) in [5.41, 5.74) is 0.655. The van der Waals surface area contributed by atoms with E-state index >= 15 is 0 Å². The van der Waals surface area contributed by atoms with Crippen molar-refractivity contribution >= 4 is 5.91 Å². The van der Waals surface area contributed by atoms with Gasteiger partial charge >= 0.3 is 0 Å². The van der Waals surface area contributed by atoms with Gasteiger partial charge in [0.25, 0.3) is 5.91 Å². The monoisotopic (exact) mass is 304 g/mol. The Morgan fingerprint density at radius 1 is 1.50 bits per heavy atom. The van der Waals surface area contributed by atoms with Gasteiger partial charge in [-0.2, -0.15) is 0 Å². The highest BCUT2D eigenvalue weighted by Gasteiger charge is 2.61. The number of rotatable bonds is 5. The third-order valence-corrected chi connectivity index (χ3v) is 5.91. The number of hydrogen-bond donors (Lipinski definition) is 0. The van der Waals surface area contributed by atoms with Gasteiger partial charge in [0.2, 0.25) is 0 Å². The van der Waals surface area contributed by atoms with Crippen molar-refractivity contribution in [3.8, 4) is 0 Å². The van der Waals surface area contributed by atoms with Gasteiger partial charge in [-0.25, -0.2) is 0 Å². The molecule has 3 fully saturated rings. The number of aromatic nitrogens is 1. The predicted molar refractivity (Wildman–Crippen MR) is 80.7 cm³/mol. The summed E-state index contributed by atoms with van der Waals surface area (Å²) in [4.78, 5) is 14.6. The molecule has 0 aliphatic heterocycles. The van der Waals surface area contributed by atoms with Crippen LogP contribution in [-0.4, -0.2) is 41.8 Å². The Kier molecular flexibility index (Phi) is 3.29. The second-order valence-corrected chi connectivity index (χ2v) is 7.09. The molecule has 120 valence electrons. The molecule has 1 aromatic heterocycles. The van der Waals surface area contributed by atoms with Crippen molar-refractivity contribution in [1.29, 1.82) is 0 Å². The standard InChI is InChI=1S/C17H24N2O3/c1-3-21-15-10-14(17(15)7-4-8-17)19(2)16(20)12-9-13(22-18-12)11-5-6-11/h9,11,14-15H,3-8,10H2,1-2H3. The van der Waals surface area contributed by atoms with Gasteiger partial charge in [-0.3, -0.25) is 4.79 Å². The van der Waals surface area contributed by atoms with Crippen molar-refractivity contribution in [2.75, 3.05) is 13.7 Å². The third-order valence-electron chi connectivity index (χ3n) is 5.91. The number of carbonyl (C=O) groups is 1. The summed E-state index contributed by atoms with van der Waals surface area (Å²) in [5.74, 6) is 1.35. The van der Waals surface area contributed by atoms with Crippen LogP contribution in [0.15, 0.2) is 10.6 Å². The molecule has 5 nitrogen and oxygen atoms in total. The van der Waals surface area contributed by atoms with Gasteiger partial charge in [-0.05, 0) is 39.0 Å². The Balaban J connectivity index is 1.46. The molecule has 0 aromatic carbocycles. The summed E-state index contributed by atoms with van der Waals surface area (Å²) >= 11 is 0. The number of carbonyl (C=O) groups excluding carboxylic acids is 1. The Labute approximate surface area is 131 Å². The van der Waals surface area contributed by atoms with E-state index in [4.69, 9.17) is 9.26 Å². The van der Waals surface area contributed by atoms with Crippen LogP contribution in [0.25, 0.3) is 0 Å². The lowest BCUT2D eigenvalue weighted by Gasteiger charge is -2.63. The quantitative estimate of drug-likeness (QED) is 0.839. The lowest BCUT2D eigenvalue weighted by atomic mass is 9.50. The molecule has 0 N–H and O–H groups in total. The van der Waals surface area contributed by atoms with E-state index < -0.39 is 0 Å². The minimum Gasteiger partial charge on any atom is -0.378 e. The molecule has 22 heavy (non-hydrogen) atoms. The summed E-state index contributed by atoms with van der Waals surface area (Å²) in [6.07, 6.45) is 7.17. The maximum Gasteiger partial charge on any atom is 0.276 e. The van der Waals surface area contributed by atoms with Gasteiger partial charge in [-0.15, -0.1) is 0 Å². The van der Waals surface area contributed by atoms with Crippen LogP contribution in [-0.2, 0) is 4.74 Å². The minimum absolute atomic E-state index is 0.0122. The minimum atomic E-state index is -0.0122. The second kappa shape index (κ2) is 5.08. The van der Waals surface area contributed by atoms with E-state index in [1.807, 2.05) is 24.9 Å². The summed E-state index contributed by atoms with van der Waals surface area (Å²) in [7, 11) is 1.90. The first-order chi connectivity index (χ1) is 10.7. The van der Waals surface area contributed by atoms with Crippen LogP contribution in [0.4, 0.5) is 0 Å². The molecule has 1 amide bonds. The third kappa shape index (κ3) is 2.02. The van der Waals surface area contributed by atoms with E-state index in [0.717, 1.165) is 31.6 Å². The first-order valence-corrected chi connectivity index (χ1v) is 8.51. The maximum absolute atomic E-state index is 12.7. The Bertz CT molecular complexity index is 574. The normalized spacial score (nSPS) is 29.0. The van der Waals surface area contributed by atoms with E-state index in [0.29, 0.717) is 17.7 Å². The maximum atomic E-state index is 12.7. The molecule has 5 heteroatoms. The number of amides is 1. The fraction of sp³-hybridized carbons (Fsp3) is 0.765. The highest BCUT2D eigenvalue weighted by molar-refractivity contribution is 5.92. The van der Waals surface area contributed by atoms with Crippen LogP contribution in [0, 0.1) is 5.41 Å². The highest BCUT2D eigenvalue weighted by Crippen LogP contribution is 2.59. The van der Waals surface area contributed by atoms with Gasteiger partial charge < -0.3 is 14.2 Å². The van der Waals surface area contributed by atoms with Crippen molar-refractivity contribution in [3.63, 3.8) is 0 Å². The Hall–Kier alpha value is -1.36. The molecule has 0 radical (unpaired) electrons. The second-order valence-electron chi connectivity index (χ2n) is 7.09. The molecule has 1 aromatic rings. The first kappa shape index (κ1) is 14.2. The first-order valence-electron chi connectivity index (χ1n) is 8.51. The van der Waals surface area contributed by atoms with Crippen LogP contribution in [0.1, 0.15) is 67.6 Å². The summed E-state index contributed by atoms with van der Waals surface area (Å²) in [6.45, 7) is 2.80. The van der Waals surface area contributed by atoms with Crippen LogP contribution in [0.3, 0.4) is 0 Å². The van der Waals surface area contributed by atoms with E-state index in [2.05, 4.69) is 5.16 Å². The van der Waals surface area contributed by atoms with Crippen molar-refractivity contribution in [2.45, 2.75) is 63.5 Å². The van der Waals surface area contributed by atoms with Gasteiger partial charge in [0.15, 0.2) is 5.69 Å². The zero-order valence-electron chi connectivity index (χ0n) is 13.4. The van der Waals surface area contributed by atoms with E-state index in [-0.39, 0.29) is 17.4 Å². The summed E-state index contributed by atoms with van der Waals surface area (Å²) in [6, 6.07) is 2.12. The Morgan fingerprint density at radius 3 is 2.86 bits per heavy atom. The van der Waals surface area contributed by atoms with Gasteiger partial charge in [-0.1, -0.05) is 11.6 Å². The summed E-state index contributed by atoms with van der Waals surface area (Å²) < 4.78 is 11.2. The largest absolute Gasteiger partial charge is 0.378 e. The van der Waals surface area contributed by atoms with Crippen LogP contribution < -0.4 is 0 Å². The van der Waals surface area contributed by atoms with Gasteiger partial charge in [0.1, 0.15) is 5.76 Å². The Morgan fingerprint density at radius 2 is 2.27 bits per heavy atom. The summed E-state index contributed by atoms with van der Waals surface area (Å²) in [5, 5.41) is 3.99. The SMILES string of the molecule is CCOC1CC(N(C)C(=O)c2cc(C3CC3)on2)C12CCC2. The molecule has 3 saturated carbocycles. The number of hydrogen-bond acceptors (Lipinski definition) is 4. The van der Waals surface area contributed by atoms with Crippen LogP contribution >= 0.6 is 0 Å². The molecule has 0 bridgehead atoms. The topological polar surface area (TPSA) is 55.6 Å². The predicted octanol–water partition coefficient (Wildman–Crippen LogP) is 2.97. The molecule has 2 unspecified atom stereocenters. The van der Waals surface area contributed by atoms with E-state index in [1.165, 1.54) is 19.3 Å². The zero-order valence-corrected chi connectivity index (χ0v) is 13.4. The average Bonchev–Trinajstić information content (AvgIpc) is 3.17. The van der Waals surface area contributed by atoms with Crippen LogP contribution in [0.2, 0.25) is 0 Å². The molecular weight excluding hydrogens is 280 g/mol. The van der Waals surface area contributed by atoms with Gasteiger partial charge in [0.05, 0.1) is 6.10 Å². The van der Waals surface area contributed by atoms with E-state index in [1.54, 1.807) is 0 Å². The molecule has 4 rings (SSSR count). The molecule has 1 spiro atoms. The number of ether oxygens (including phenoxy) is 1. The number of nitrogens with zero attached hydrogens (tertiary/aromatic N) is 2. The fourth-order valence-electron chi connectivity index (χ4n) is 4.22. The molecule has 2 atom stereocenters. The van der Waals surface area contributed by atoms with Gasteiger partial charge in [0, 0.05) is 37.1 Å². The molecule has 3 aliphatic rings. The molecule has 0 saturated heterocycles. The molecule has 3 aliphatic carbocycles. The lowest BCUT2D eigenvalue weighted by Crippen LogP contribution is -2.67. The van der Waals surface area contributed by atoms with Crippen molar-refractivity contribution < 1.29 is 14.1 Å². The molecular formula is C17H24N2O3. The van der Waals surface area contributed by atoms with E-state index in [9.17, 15) is 4.79 Å². The average molecular weight is 304 g/mol. The van der Waals surface area contributed by atoms with Crippen molar-refractivity contribution in [1.82, 2.24) is 10.1 Å². The fourth-order valence-corrected chi connectivity index (χ4v) is 4.22. The van der Waals surface area contributed by atoms with Crippen molar-refractivity contribution in [2.24, 2.45) is 5.41 Å². The molecule has 1 heterocycles. The van der Waals surface area contributed by atoms with Crippen LogP contribution in [0.5, 0.6) is 0 Å². The highest BCUT2D eigenvalue weighted by atomic mass is 16.5. The van der Waals surface area contributed by atoms with Crippen molar-refractivity contribution in [3.05, 3.63) is 17.5 Å². The smallest absolute Gasteiger partial charge is 0.276 e. The zero-order chi connectivity index (χ0) is 15.3. The lowest BCUT2D eigenvalue weighted by molar-refractivity contribution is -0.192.